The number of hydrogen-bond donors (Lipinski definition) is 0. The first-order valence-electron chi connectivity index (χ1n) is 6.58. The summed E-state index contributed by atoms with van der Waals surface area (Å²) in [5.74, 6) is -0.0398. The van der Waals surface area contributed by atoms with Crippen molar-refractivity contribution in [2.45, 2.75) is 6.42 Å². The fourth-order valence-corrected chi connectivity index (χ4v) is 3.54. The van der Waals surface area contributed by atoms with Gasteiger partial charge in [-0.05, 0) is 13.0 Å². The molecular formula is C13H16N2O5S. The van der Waals surface area contributed by atoms with E-state index in [4.69, 9.17) is 0 Å². The molecule has 0 atom stereocenters. The predicted molar refractivity (Wildman–Crippen MR) is 77.1 cm³/mol. The van der Waals surface area contributed by atoms with Gasteiger partial charge in [-0.15, -0.1) is 0 Å². The highest BCUT2D eigenvalue weighted by Gasteiger charge is 2.21. The lowest BCUT2D eigenvalue weighted by Crippen LogP contribution is -2.32. The van der Waals surface area contributed by atoms with Gasteiger partial charge in [0.25, 0.3) is 5.69 Å². The molecule has 0 amide bonds. The van der Waals surface area contributed by atoms with Gasteiger partial charge in [-0.3, -0.25) is 19.8 Å². The third-order valence-electron chi connectivity index (χ3n) is 3.39. The molecule has 0 spiro atoms. The number of carbonyl (C=O) groups is 1. The summed E-state index contributed by atoms with van der Waals surface area (Å²) in [5.41, 5.74) is 0.149. The molecule has 0 N–H and O–H groups in total. The number of benzene rings is 1. The summed E-state index contributed by atoms with van der Waals surface area (Å²) in [5, 5.41) is 10.7. The van der Waals surface area contributed by atoms with Crippen LogP contribution in [0.25, 0.3) is 0 Å². The molecule has 114 valence electrons. The number of hydrogen-bond acceptors (Lipinski definition) is 6. The Bertz CT molecular complexity index is 656. The minimum absolute atomic E-state index is 0.0508. The lowest BCUT2D eigenvalue weighted by Gasteiger charge is -2.17. The van der Waals surface area contributed by atoms with Gasteiger partial charge >= 0.3 is 0 Å². The molecule has 0 saturated carbocycles. The van der Waals surface area contributed by atoms with E-state index in [1.54, 1.807) is 4.90 Å². The van der Waals surface area contributed by atoms with Gasteiger partial charge < -0.3 is 0 Å². The van der Waals surface area contributed by atoms with Crippen LogP contribution in [0.2, 0.25) is 0 Å². The molecule has 0 aromatic heterocycles. The number of nitro groups is 1. The lowest BCUT2D eigenvalue weighted by atomic mass is 10.1. The van der Waals surface area contributed by atoms with Crippen molar-refractivity contribution in [3.8, 4) is 0 Å². The van der Waals surface area contributed by atoms with E-state index in [1.165, 1.54) is 24.3 Å². The largest absolute Gasteiger partial charge is 0.295 e. The number of carbonyl (C=O) groups excluding carboxylic acids is 1. The molecule has 0 radical (unpaired) electrons. The highest BCUT2D eigenvalue weighted by Crippen LogP contribution is 2.14. The molecule has 1 aliphatic heterocycles. The minimum Gasteiger partial charge on any atom is -0.295 e. The molecule has 2 rings (SSSR count). The third kappa shape index (κ3) is 4.33. The van der Waals surface area contributed by atoms with Crippen molar-refractivity contribution >= 4 is 21.3 Å². The summed E-state index contributed by atoms with van der Waals surface area (Å²) < 4.78 is 23.0. The lowest BCUT2D eigenvalue weighted by molar-refractivity contribution is -0.384. The summed E-state index contributed by atoms with van der Waals surface area (Å²) in [6.07, 6.45) is 0.505. The average Bonchev–Trinajstić information content (AvgIpc) is 2.60. The molecule has 0 unspecified atom stereocenters. The molecule has 1 heterocycles. The summed E-state index contributed by atoms with van der Waals surface area (Å²) >= 11 is 0. The van der Waals surface area contributed by atoms with Crippen LogP contribution in [-0.2, 0) is 9.84 Å². The molecule has 1 fully saturated rings. The van der Waals surface area contributed by atoms with Crippen molar-refractivity contribution in [3.05, 3.63) is 39.9 Å². The van der Waals surface area contributed by atoms with Gasteiger partial charge in [0.15, 0.2) is 15.6 Å². The fourth-order valence-electron chi connectivity index (χ4n) is 2.24. The zero-order valence-electron chi connectivity index (χ0n) is 11.4. The highest BCUT2D eigenvalue weighted by atomic mass is 32.2. The first kappa shape index (κ1) is 15.6. The van der Waals surface area contributed by atoms with Gasteiger partial charge in [0, 0.05) is 24.2 Å². The predicted octanol–water partition coefficient (Wildman–Crippen LogP) is 0.898. The van der Waals surface area contributed by atoms with E-state index < -0.39 is 14.8 Å². The topological polar surface area (TPSA) is 97.6 Å². The molecule has 1 aromatic carbocycles. The van der Waals surface area contributed by atoms with E-state index in [9.17, 15) is 23.3 Å². The monoisotopic (exact) mass is 312 g/mol. The summed E-state index contributed by atoms with van der Waals surface area (Å²) in [7, 11) is -3.01. The number of sulfone groups is 1. The standard InChI is InChI=1S/C13H16N2O5S/c16-13(11-3-1-4-12(9-11)15(17)18)10-14-5-2-7-21(19,20)8-6-14/h1,3-4,9H,2,5-8,10H2. The van der Waals surface area contributed by atoms with Crippen molar-refractivity contribution in [3.63, 3.8) is 0 Å². The van der Waals surface area contributed by atoms with Crippen LogP contribution < -0.4 is 0 Å². The zero-order valence-corrected chi connectivity index (χ0v) is 12.2. The number of ketones is 1. The highest BCUT2D eigenvalue weighted by molar-refractivity contribution is 7.91. The quantitative estimate of drug-likeness (QED) is 0.465. The Kier molecular flexibility index (Phi) is 4.69. The maximum Gasteiger partial charge on any atom is 0.270 e. The fraction of sp³-hybridized carbons (Fsp3) is 0.462. The van der Waals surface area contributed by atoms with Gasteiger partial charge in [-0.1, -0.05) is 12.1 Å². The van der Waals surface area contributed by atoms with E-state index in [0.717, 1.165) is 0 Å². The molecule has 0 aliphatic carbocycles. The normalized spacial score (nSPS) is 18.9. The van der Waals surface area contributed by atoms with Crippen molar-refractivity contribution < 1.29 is 18.1 Å². The van der Waals surface area contributed by atoms with Gasteiger partial charge in [-0.25, -0.2) is 8.42 Å². The average molecular weight is 312 g/mol. The Hall–Kier alpha value is -1.80. The second-order valence-electron chi connectivity index (χ2n) is 5.01. The molecule has 1 aliphatic rings. The Morgan fingerprint density at radius 2 is 2.05 bits per heavy atom. The zero-order chi connectivity index (χ0) is 15.5. The molecule has 0 bridgehead atoms. The molecule has 21 heavy (non-hydrogen) atoms. The van der Waals surface area contributed by atoms with Crippen molar-refractivity contribution in [1.29, 1.82) is 0 Å². The summed E-state index contributed by atoms with van der Waals surface area (Å²) in [4.78, 5) is 24.1. The first-order chi connectivity index (χ1) is 9.87. The number of nitrogens with zero attached hydrogens (tertiary/aromatic N) is 2. The van der Waals surface area contributed by atoms with Gasteiger partial charge in [-0.2, -0.15) is 0 Å². The van der Waals surface area contributed by atoms with Crippen LogP contribution in [0, 0.1) is 10.1 Å². The van der Waals surface area contributed by atoms with Crippen LogP contribution in [0.15, 0.2) is 24.3 Å². The Morgan fingerprint density at radius 3 is 2.76 bits per heavy atom. The Morgan fingerprint density at radius 1 is 1.29 bits per heavy atom. The molecular weight excluding hydrogens is 296 g/mol. The van der Waals surface area contributed by atoms with Crippen LogP contribution in [0.5, 0.6) is 0 Å². The van der Waals surface area contributed by atoms with Crippen LogP contribution in [-0.4, -0.2) is 55.2 Å². The number of non-ortho nitro benzene ring substituents is 1. The minimum atomic E-state index is -3.01. The van der Waals surface area contributed by atoms with E-state index in [2.05, 4.69) is 0 Å². The molecule has 8 heteroatoms. The van der Waals surface area contributed by atoms with Gasteiger partial charge in [0.1, 0.15) is 0 Å². The Balaban J connectivity index is 2.04. The SMILES string of the molecule is O=C(CN1CCCS(=O)(=O)CC1)c1cccc([N+](=O)[O-])c1. The number of rotatable bonds is 4. The van der Waals surface area contributed by atoms with E-state index >= 15 is 0 Å². The molecule has 1 saturated heterocycles. The maximum absolute atomic E-state index is 12.1. The number of nitro benzene ring substituents is 1. The number of Topliss-reactive ketones (excluding diaryl/α,β-unsaturated/α-hetero) is 1. The first-order valence-corrected chi connectivity index (χ1v) is 8.40. The smallest absolute Gasteiger partial charge is 0.270 e. The Labute approximate surface area is 122 Å². The van der Waals surface area contributed by atoms with E-state index in [1.807, 2.05) is 0 Å². The molecule has 7 nitrogen and oxygen atoms in total. The van der Waals surface area contributed by atoms with Crippen LogP contribution in [0.1, 0.15) is 16.8 Å². The summed E-state index contributed by atoms with van der Waals surface area (Å²) in [6, 6.07) is 5.58. The van der Waals surface area contributed by atoms with Crippen molar-refractivity contribution in [2.75, 3.05) is 31.1 Å². The maximum atomic E-state index is 12.1. The second-order valence-corrected chi connectivity index (χ2v) is 7.32. The molecule has 1 aromatic rings. The van der Waals surface area contributed by atoms with Crippen molar-refractivity contribution in [2.24, 2.45) is 0 Å². The van der Waals surface area contributed by atoms with Crippen LogP contribution >= 0.6 is 0 Å². The van der Waals surface area contributed by atoms with E-state index in [0.29, 0.717) is 19.5 Å². The van der Waals surface area contributed by atoms with E-state index in [-0.39, 0.29) is 35.1 Å². The van der Waals surface area contributed by atoms with Gasteiger partial charge in [0.05, 0.1) is 23.0 Å². The second kappa shape index (κ2) is 6.31. The van der Waals surface area contributed by atoms with Crippen LogP contribution in [0.3, 0.4) is 0 Å². The summed E-state index contributed by atoms with van der Waals surface area (Å²) in [6.45, 7) is 0.944. The van der Waals surface area contributed by atoms with Crippen LogP contribution in [0.4, 0.5) is 5.69 Å². The third-order valence-corrected chi connectivity index (χ3v) is 5.11. The van der Waals surface area contributed by atoms with Gasteiger partial charge in [0.2, 0.25) is 0 Å². The van der Waals surface area contributed by atoms with Crippen molar-refractivity contribution in [1.82, 2.24) is 4.90 Å².